The minimum absolute atomic E-state index is 0.102. The zero-order valence-electron chi connectivity index (χ0n) is 9.26. The summed E-state index contributed by atoms with van der Waals surface area (Å²) in [6.07, 6.45) is 0.525. The summed E-state index contributed by atoms with van der Waals surface area (Å²) < 4.78 is 13.5. The Balaban J connectivity index is 3.08. The van der Waals surface area contributed by atoms with E-state index in [0.717, 1.165) is 0 Å². The highest BCUT2D eigenvalue weighted by molar-refractivity contribution is 6.31. The van der Waals surface area contributed by atoms with Crippen molar-refractivity contribution in [3.63, 3.8) is 0 Å². The van der Waals surface area contributed by atoms with Gasteiger partial charge in [-0.25, -0.2) is 4.39 Å². The van der Waals surface area contributed by atoms with Crippen molar-refractivity contribution in [2.75, 3.05) is 0 Å². The van der Waals surface area contributed by atoms with E-state index in [1.54, 1.807) is 19.9 Å². The first-order valence-electron chi connectivity index (χ1n) is 5.07. The molecule has 0 fully saturated rings. The van der Waals surface area contributed by atoms with E-state index in [0.29, 0.717) is 6.42 Å². The fourth-order valence-electron chi connectivity index (χ4n) is 1.44. The van der Waals surface area contributed by atoms with Gasteiger partial charge in [0.2, 0.25) is 0 Å². The Labute approximate surface area is 99.0 Å². The molecule has 0 saturated carbocycles. The van der Waals surface area contributed by atoms with Gasteiger partial charge in [0.25, 0.3) is 0 Å². The molecule has 0 bridgehead atoms. The van der Waals surface area contributed by atoms with Gasteiger partial charge in [-0.2, -0.15) is 0 Å². The van der Waals surface area contributed by atoms with Crippen molar-refractivity contribution < 1.29 is 14.3 Å². The Hall–Kier alpha value is -1.09. The molecular weight excluding hydrogens is 231 g/mol. The lowest BCUT2D eigenvalue weighted by molar-refractivity contribution is -0.148. The summed E-state index contributed by atoms with van der Waals surface area (Å²) in [6.45, 7) is 3.36. The monoisotopic (exact) mass is 244 g/mol. The highest BCUT2D eigenvalue weighted by Gasteiger charge is 2.32. The van der Waals surface area contributed by atoms with Gasteiger partial charge in [-0.15, -0.1) is 0 Å². The van der Waals surface area contributed by atoms with E-state index >= 15 is 0 Å². The summed E-state index contributed by atoms with van der Waals surface area (Å²) in [4.78, 5) is 11.1. The third-order valence-corrected chi connectivity index (χ3v) is 3.28. The Morgan fingerprint density at radius 2 is 2.19 bits per heavy atom. The molecule has 0 heterocycles. The summed E-state index contributed by atoms with van der Waals surface area (Å²) in [7, 11) is 0. The molecule has 1 N–H and O–H groups in total. The molecule has 0 spiro atoms. The first-order valence-corrected chi connectivity index (χ1v) is 5.45. The van der Waals surface area contributed by atoms with E-state index in [1.807, 2.05) is 0 Å². The predicted molar refractivity (Wildman–Crippen MR) is 61.1 cm³/mol. The lowest BCUT2D eigenvalue weighted by Crippen LogP contribution is -2.29. The smallest absolute Gasteiger partial charge is 0.309 e. The number of carbonyl (C=O) groups is 1. The molecule has 1 atom stereocenters. The van der Waals surface area contributed by atoms with Crippen LogP contribution < -0.4 is 0 Å². The Bertz CT molecular complexity index is 386. The number of hydrogen-bond donors (Lipinski definition) is 1. The molecule has 0 radical (unpaired) electrons. The molecule has 16 heavy (non-hydrogen) atoms. The average molecular weight is 245 g/mol. The summed E-state index contributed by atoms with van der Waals surface area (Å²) in [5.41, 5.74) is -0.706. The molecule has 2 nitrogen and oxygen atoms in total. The van der Waals surface area contributed by atoms with Crippen LogP contribution in [0.3, 0.4) is 0 Å². The summed E-state index contributed by atoms with van der Waals surface area (Å²) in [5, 5.41) is 9.39. The molecule has 88 valence electrons. The van der Waals surface area contributed by atoms with Gasteiger partial charge in [-0.3, -0.25) is 4.79 Å². The van der Waals surface area contributed by atoms with Crippen LogP contribution in [0, 0.1) is 11.2 Å². The first-order chi connectivity index (χ1) is 7.40. The van der Waals surface area contributed by atoms with Crippen molar-refractivity contribution in [3.05, 3.63) is 34.6 Å². The normalized spacial score (nSPS) is 14.5. The van der Waals surface area contributed by atoms with Crippen molar-refractivity contribution in [2.45, 2.75) is 26.7 Å². The lowest BCUT2D eigenvalue weighted by Gasteiger charge is -2.23. The largest absolute Gasteiger partial charge is 0.481 e. The first kappa shape index (κ1) is 13.0. The minimum Gasteiger partial charge on any atom is -0.481 e. The van der Waals surface area contributed by atoms with E-state index < -0.39 is 17.2 Å². The van der Waals surface area contributed by atoms with Crippen LogP contribution in [0.15, 0.2) is 18.2 Å². The maximum atomic E-state index is 13.5. The third-order valence-electron chi connectivity index (χ3n) is 2.93. The molecule has 1 aromatic carbocycles. The van der Waals surface area contributed by atoms with Crippen LogP contribution in [0.4, 0.5) is 4.39 Å². The van der Waals surface area contributed by atoms with Gasteiger partial charge in [-0.05, 0) is 31.9 Å². The second kappa shape index (κ2) is 4.83. The third kappa shape index (κ3) is 2.53. The molecule has 1 aromatic rings. The van der Waals surface area contributed by atoms with Crippen LogP contribution in [0.5, 0.6) is 0 Å². The molecule has 4 heteroatoms. The van der Waals surface area contributed by atoms with Crippen LogP contribution in [0.2, 0.25) is 5.02 Å². The minimum atomic E-state index is -0.980. The fraction of sp³-hybridized carbons (Fsp3) is 0.417. The molecule has 1 unspecified atom stereocenters. The zero-order valence-corrected chi connectivity index (χ0v) is 10.0. The van der Waals surface area contributed by atoms with Gasteiger partial charge in [0.1, 0.15) is 5.82 Å². The maximum Gasteiger partial charge on any atom is 0.309 e. The van der Waals surface area contributed by atoms with Crippen LogP contribution in [0.25, 0.3) is 0 Å². The summed E-state index contributed by atoms with van der Waals surface area (Å²) >= 11 is 5.86. The summed E-state index contributed by atoms with van der Waals surface area (Å²) in [6, 6.07) is 4.36. The van der Waals surface area contributed by atoms with Crippen LogP contribution in [-0.2, 0) is 11.2 Å². The number of carboxylic acid groups (broad SMARTS) is 1. The van der Waals surface area contributed by atoms with Crippen LogP contribution in [0.1, 0.15) is 25.8 Å². The van der Waals surface area contributed by atoms with Crippen molar-refractivity contribution in [2.24, 2.45) is 5.41 Å². The van der Waals surface area contributed by atoms with Crippen LogP contribution >= 0.6 is 11.6 Å². The lowest BCUT2D eigenvalue weighted by atomic mass is 9.81. The number of aliphatic carboxylic acids is 1. The molecule has 0 aromatic heterocycles. The van der Waals surface area contributed by atoms with E-state index in [9.17, 15) is 9.18 Å². The SMILES string of the molecule is CCC(C)(Cc1c(F)cccc1Cl)C(=O)O. The number of hydrogen-bond acceptors (Lipinski definition) is 1. The highest BCUT2D eigenvalue weighted by atomic mass is 35.5. The van der Waals surface area contributed by atoms with Gasteiger partial charge in [-0.1, -0.05) is 24.6 Å². The van der Waals surface area contributed by atoms with Crippen LogP contribution in [-0.4, -0.2) is 11.1 Å². The molecule has 0 saturated heterocycles. The topological polar surface area (TPSA) is 37.3 Å². The van der Waals surface area contributed by atoms with E-state index in [4.69, 9.17) is 16.7 Å². The number of rotatable bonds is 4. The molecule has 0 aliphatic rings. The van der Waals surface area contributed by atoms with E-state index in [-0.39, 0.29) is 17.0 Å². The van der Waals surface area contributed by atoms with Gasteiger partial charge in [0.05, 0.1) is 5.41 Å². The zero-order chi connectivity index (χ0) is 12.3. The molecule has 0 amide bonds. The highest BCUT2D eigenvalue weighted by Crippen LogP contribution is 2.31. The number of benzene rings is 1. The molecular formula is C12H14ClFO2. The Kier molecular flexibility index (Phi) is 3.92. The van der Waals surface area contributed by atoms with Crippen molar-refractivity contribution >= 4 is 17.6 Å². The Morgan fingerprint density at radius 3 is 2.62 bits per heavy atom. The number of carboxylic acids is 1. The average Bonchev–Trinajstić information content (AvgIpc) is 2.23. The molecule has 1 rings (SSSR count). The van der Waals surface area contributed by atoms with E-state index in [1.165, 1.54) is 12.1 Å². The van der Waals surface area contributed by atoms with Gasteiger partial charge < -0.3 is 5.11 Å². The fourth-order valence-corrected chi connectivity index (χ4v) is 1.67. The quantitative estimate of drug-likeness (QED) is 0.880. The van der Waals surface area contributed by atoms with Gasteiger partial charge in [0.15, 0.2) is 0 Å². The van der Waals surface area contributed by atoms with Gasteiger partial charge >= 0.3 is 5.97 Å². The predicted octanol–water partition coefficient (Wildman–Crippen LogP) is 3.52. The molecule has 0 aliphatic heterocycles. The van der Waals surface area contributed by atoms with Crippen molar-refractivity contribution in [1.29, 1.82) is 0 Å². The standard InChI is InChI=1S/C12H14ClFO2/c1-3-12(2,11(15)16)7-8-9(13)5-4-6-10(8)14/h4-6H,3,7H2,1-2H3,(H,15,16). The second-order valence-electron chi connectivity index (χ2n) is 4.10. The van der Waals surface area contributed by atoms with Gasteiger partial charge in [0, 0.05) is 10.6 Å². The summed E-state index contributed by atoms with van der Waals surface area (Å²) in [5.74, 6) is -1.39. The molecule has 0 aliphatic carbocycles. The maximum absolute atomic E-state index is 13.5. The van der Waals surface area contributed by atoms with Crippen molar-refractivity contribution in [3.8, 4) is 0 Å². The second-order valence-corrected chi connectivity index (χ2v) is 4.50. The van der Waals surface area contributed by atoms with Crippen molar-refractivity contribution in [1.82, 2.24) is 0 Å². The number of halogens is 2. The Morgan fingerprint density at radius 1 is 1.56 bits per heavy atom. The van der Waals surface area contributed by atoms with E-state index in [2.05, 4.69) is 0 Å².